The molecule has 0 aliphatic carbocycles. The Morgan fingerprint density at radius 3 is 2.33 bits per heavy atom. The molecule has 9 nitrogen and oxygen atoms in total. The van der Waals surface area contributed by atoms with Crippen molar-refractivity contribution in [3.05, 3.63) is 65.2 Å². The van der Waals surface area contributed by atoms with E-state index in [-0.39, 0.29) is 22.3 Å². The Balaban J connectivity index is 1.64. The predicted molar refractivity (Wildman–Crippen MR) is 126 cm³/mol. The second-order valence-electron chi connectivity index (χ2n) is 7.45. The van der Waals surface area contributed by atoms with Gasteiger partial charge in [0.15, 0.2) is 0 Å². The minimum absolute atomic E-state index is 0.0274. The summed E-state index contributed by atoms with van der Waals surface area (Å²) in [4.78, 5) is 29.1. The molecule has 0 atom stereocenters. The van der Waals surface area contributed by atoms with Crippen LogP contribution in [0.25, 0.3) is 10.6 Å². The average molecular weight is 489 g/mol. The van der Waals surface area contributed by atoms with Gasteiger partial charge in [-0.05, 0) is 56.3 Å². The Bertz CT molecular complexity index is 1250. The van der Waals surface area contributed by atoms with E-state index in [0.717, 1.165) is 15.6 Å². The van der Waals surface area contributed by atoms with Gasteiger partial charge in [0.25, 0.3) is 11.8 Å². The highest BCUT2D eigenvalue weighted by atomic mass is 32.2. The lowest BCUT2D eigenvalue weighted by Gasteiger charge is -2.12. The second-order valence-corrected chi connectivity index (χ2v) is 10.5. The van der Waals surface area contributed by atoms with Gasteiger partial charge in [-0.2, -0.15) is 0 Å². The minimum atomic E-state index is -3.69. The smallest absolute Gasteiger partial charge is 0.289 e. The second kappa shape index (κ2) is 10.1. The molecule has 1 heterocycles. The van der Waals surface area contributed by atoms with Gasteiger partial charge in [0.05, 0.1) is 11.0 Å². The number of amides is 2. The monoisotopic (exact) mass is 488 g/mol. The summed E-state index contributed by atoms with van der Waals surface area (Å²) in [6, 6.07) is 12.9. The number of ether oxygens (including phenoxy) is 1. The lowest BCUT2D eigenvalue weighted by atomic mass is 10.2. The number of hydrogen-bond donors (Lipinski definition) is 2. The standard InChI is InChI=1S/C22H24N4O5S2/c1-14(2)31-17-10-8-15(9-11-17)22-23-19(13-32-22)21(28)25-24-20(27)16-6-5-7-18(12-16)33(29,30)26(3)4/h5-14H,1-4H3,(H,24,27)(H,25,28). The Hall–Kier alpha value is -3.28. The van der Waals surface area contributed by atoms with E-state index < -0.39 is 21.8 Å². The summed E-state index contributed by atoms with van der Waals surface area (Å²) in [6.07, 6.45) is 0.0704. The van der Waals surface area contributed by atoms with Crippen molar-refractivity contribution >= 4 is 33.2 Å². The van der Waals surface area contributed by atoms with Gasteiger partial charge in [-0.25, -0.2) is 17.7 Å². The van der Waals surface area contributed by atoms with Crippen molar-refractivity contribution in [3.8, 4) is 16.3 Å². The number of thiazole rings is 1. The van der Waals surface area contributed by atoms with Crippen LogP contribution in [0.5, 0.6) is 5.75 Å². The number of carbonyl (C=O) groups is 2. The normalized spacial score (nSPS) is 11.5. The van der Waals surface area contributed by atoms with Gasteiger partial charge < -0.3 is 4.74 Å². The fourth-order valence-corrected chi connectivity index (χ4v) is 4.47. The first kappa shape index (κ1) is 24.4. The van der Waals surface area contributed by atoms with Crippen LogP contribution in [0.3, 0.4) is 0 Å². The zero-order valence-electron chi connectivity index (χ0n) is 18.5. The fourth-order valence-electron chi connectivity index (χ4n) is 2.72. The van der Waals surface area contributed by atoms with E-state index in [2.05, 4.69) is 15.8 Å². The Morgan fingerprint density at radius 2 is 1.70 bits per heavy atom. The largest absolute Gasteiger partial charge is 0.491 e. The first-order chi connectivity index (χ1) is 15.6. The zero-order chi connectivity index (χ0) is 24.2. The van der Waals surface area contributed by atoms with Crippen LogP contribution in [0.15, 0.2) is 58.8 Å². The lowest BCUT2D eigenvalue weighted by molar-refractivity contribution is 0.0844. The van der Waals surface area contributed by atoms with E-state index >= 15 is 0 Å². The molecule has 0 spiro atoms. The maximum atomic E-state index is 12.4. The van der Waals surface area contributed by atoms with Gasteiger partial charge >= 0.3 is 0 Å². The molecule has 0 bridgehead atoms. The maximum Gasteiger partial charge on any atom is 0.289 e. The van der Waals surface area contributed by atoms with Crippen LogP contribution in [-0.4, -0.2) is 49.7 Å². The lowest BCUT2D eigenvalue weighted by Crippen LogP contribution is -2.41. The first-order valence-corrected chi connectivity index (χ1v) is 12.3. The fraction of sp³-hybridized carbons (Fsp3) is 0.227. The molecule has 0 aliphatic heterocycles. The van der Waals surface area contributed by atoms with Crippen molar-refractivity contribution in [3.63, 3.8) is 0 Å². The predicted octanol–water partition coefficient (Wildman–Crippen LogP) is 2.92. The SMILES string of the molecule is CC(C)Oc1ccc(-c2nc(C(=O)NNC(=O)c3cccc(S(=O)(=O)N(C)C)c3)cs2)cc1. The molecular formula is C22H24N4O5S2. The molecule has 0 unspecified atom stereocenters. The van der Waals surface area contributed by atoms with Gasteiger partial charge in [-0.3, -0.25) is 20.4 Å². The quantitative estimate of drug-likeness (QED) is 0.494. The molecule has 0 saturated heterocycles. The van der Waals surface area contributed by atoms with Crippen molar-refractivity contribution in [1.29, 1.82) is 0 Å². The Kier molecular flexibility index (Phi) is 7.46. The number of sulfonamides is 1. The number of hydrogen-bond acceptors (Lipinski definition) is 7. The van der Waals surface area contributed by atoms with Crippen LogP contribution in [0.2, 0.25) is 0 Å². The molecule has 3 aromatic rings. The number of nitrogens with zero attached hydrogens (tertiary/aromatic N) is 2. The van der Waals surface area contributed by atoms with Crippen LogP contribution >= 0.6 is 11.3 Å². The van der Waals surface area contributed by atoms with Crippen molar-refractivity contribution in [1.82, 2.24) is 20.1 Å². The van der Waals surface area contributed by atoms with Gasteiger partial charge in [0.1, 0.15) is 16.5 Å². The molecule has 2 aromatic carbocycles. The number of carbonyl (C=O) groups excluding carboxylic acids is 2. The molecule has 0 fully saturated rings. The molecule has 2 amide bonds. The van der Waals surface area contributed by atoms with E-state index in [1.807, 2.05) is 38.1 Å². The average Bonchev–Trinajstić information content (AvgIpc) is 3.27. The minimum Gasteiger partial charge on any atom is -0.491 e. The molecule has 0 radical (unpaired) electrons. The number of hydrazine groups is 1. The summed E-state index contributed by atoms with van der Waals surface area (Å²) in [7, 11) is -0.888. The highest BCUT2D eigenvalue weighted by Gasteiger charge is 2.19. The highest BCUT2D eigenvalue weighted by molar-refractivity contribution is 7.89. The summed E-state index contributed by atoms with van der Waals surface area (Å²) in [5, 5.41) is 2.23. The van der Waals surface area contributed by atoms with Crippen molar-refractivity contribution in [2.75, 3.05) is 14.1 Å². The molecule has 0 saturated carbocycles. The third-order valence-electron chi connectivity index (χ3n) is 4.37. The van der Waals surface area contributed by atoms with E-state index in [9.17, 15) is 18.0 Å². The van der Waals surface area contributed by atoms with Crippen LogP contribution in [0.1, 0.15) is 34.7 Å². The van der Waals surface area contributed by atoms with Crippen molar-refractivity contribution in [2.45, 2.75) is 24.8 Å². The van der Waals surface area contributed by atoms with E-state index in [0.29, 0.717) is 5.01 Å². The maximum absolute atomic E-state index is 12.4. The number of nitrogens with one attached hydrogen (secondary N) is 2. The van der Waals surface area contributed by atoms with E-state index in [4.69, 9.17) is 4.74 Å². The van der Waals surface area contributed by atoms with Gasteiger partial charge in [-0.1, -0.05) is 6.07 Å². The summed E-state index contributed by atoms with van der Waals surface area (Å²) in [5.41, 5.74) is 5.64. The van der Waals surface area contributed by atoms with Crippen LogP contribution in [0, 0.1) is 0 Å². The third kappa shape index (κ3) is 5.95. The highest BCUT2D eigenvalue weighted by Crippen LogP contribution is 2.26. The molecular weight excluding hydrogens is 464 g/mol. The van der Waals surface area contributed by atoms with E-state index in [1.165, 1.54) is 49.7 Å². The molecule has 3 rings (SSSR count). The number of benzene rings is 2. The van der Waals surface area contributed by atoms with Gasteiger partial charge in [0.2, 0.25) is 10.0 Å². The van der Waals surface area contributed by atoms with Gasteiger partial charge in [0, 0.05) is 30.6 Å². The third-order valence-corrected chi connectivity index (χ3v) is 7.08. The van der Waals surface area contributed by atoms with Crippen molar-refractivity contribution < 1.29 is 22.7 Å². The molecule has 0 aliphatic rings. The van der Waals surface area contributed by atoms with Crippen LogP contribution < -0.4 is 15.6 Å². The van der Waals surface area contributed by atoms with Gasteiger partial charge in [-0.15, -0.1) is 11.3 Å². The van der Waals surface area contributed by atoms with Crippen LogP contribution in [0.4, 0.5) is 0 Å². The molecule has 1 aromatic heterocycles. The van der Waals surface area contributed by atoms with E-state index in [1.54, 1.807) is 5.38 Å². The summed E-state index contributed by atoms with van der Waals surface area (Å²) in [6.45, 7) is 3.89. The topological polar surface area (TPSA) is 118 Å². The zero-order valence-corrected chi connectivity index (χ0v) is 20.2. The molecule has 174 valence electrons. The Labute approximate surface area is 196 Å². The number of rotatable bonds is 7. The summed E-state index contributed by atoms with van der Waals surface area (Å²) in [5.74, 6) is -0.508. The first-order valence-electron chi connectivity index (χ1n) is 9.94. The van der Waals surface area contributed by atoms with Crippen LogP contribution in [-0.2, 0) is 10.0 Å². The molecule has 2 N–H and O–H groups in total. The number of aromatic nitrogens is 1. The molecule has 33 heavy (non-hydrogen) atoms. The Morgan fingerprint density at radius 1 is 1.03 bits per heavy atom. The molecule has 11 heteroatoms. The summed E-state index contributed by atoms with van der Waals surface area (Å²) >= 11 is 1.29. The summed E-state index contributed by atoms with van der Waals surface area (Å²) < 4.78 is 31.2. The van der Waals surface area contributed by atoms with Crippen molar-refractivity contribution in [2.24, 2.45) is 0 Å².